The molecule has 1 saturated carbocycles. The number of nitrogens with two attached hydrogens (primary N) is 1. The summed E-state index contributed by atoms with van der Waals surface area (Å²) in [5.74, 6) is -2.49. The summed E-state index contributed by atoms with van der Waals surface area (Å²) >= 11 is 0. The van der Waals surface area contributed by atoms with Crippen LogP contribution in [-0.4, -0.2) is 25.5 Å². The van der Waals surface area contributed by atoms with Crippen molar-refractivity contribution in [1.29, 1.82) is 0 Å². The van der Waals surface area contributed by atoms with Gasteiger partial charge in [-0.1, -0.05) is 6.07 Å². The number of nitrogens with one attached hydrogen (secondary N) is 1. The molecule has 1 aliphatic rings. The summed E-state index contributed by atoms with van der Waals surface area (Å²) in [4.78, 5) is 4.02. The molecule has 4 nitrogen and oxygen atoms in total. The first-order chi connectivity index (χ1) is 9.51. The molecule has 0 aliphatic heterocycles. The smallest absolute Gasteiger partial charge is 0.252 e. The average molecular weight is 283 g/mol. The quantitative estimate of drug-likeness (QED) is 0.660. The first-order valence-corrected chi connectivity index (χ1v) is 6.60. The van der Waals surface area contributed by atoms with E-state index < -0.39 is 11.8 Å². The molecule has 110 valence electrons. The van der Waals surface area contributed by atoms with Crippen LogP contribution in [0.2, 0.25) is 0 Å². The topological polar surface area (TPSA) is 59.6 Å². The van der Waals surface area contributed by atoms with Crippen LogP contribution in [0.15, 0.2) is 29.3 Å². The highest BCUT2D eigenvalue weighted by molar-refractivity contribution is 5.92. The van der Waals surface area contributed by atoms with Gasteiger partial charge in [0.15, 0.2) is 5.96 Å². The number of methoxy groups -OCH3 is 1. The minimum atomic E-state index is -2.61. The summed E-state index contributed by atoms with van der Waals surface area (Å²) in [6.45, 7) is 0.0514. The molecule has 0 radical (unpaired) electrons. The van der Waals surface area contributed by atoms with Crippen LogP contribution >= 0.6 is 0 Å². The van der Waals surface area contributed by atoms with Gasteiger partial charge < -0.3 is 15.8 Å². The number of alkyl halides is 2. The number of rotatable bonds is 4. The molecular weight excluding hydrogens is 264 g/mol. The fourth-order valence-corrected chi connectivity index (χ4v) is 2.32. The van der Waals surface area contributed by atoms with E-state index in [0.29, 0.717) is 24.3 Å². The van der Waals surface area contributed by atoms with Crippen LogP contribution in [0.4, 0.5) is 14.5 Å². The number of hydrogen-bond donors (Lipinski definition) is 2. The molecule has 0 aromatic heterocycles. The molecule has 0 heterocycles. The van der Waals surface area contributed by atoms with Crippen LogP contribution in [-0.2, 0) is 0 Å². The second-order valence-electron chi connectivity index (χ2n) is 4.93. The number of anilines is 1. The minimum absolute atomic E-state index is 0.0452. The predicted molar refractivity (Wildman–Crippen MR) is 75.4 cm³/mol. The molecule has 1 fully saturated rings. The number of ether oxygens (including phenoxy) is 1. The largest absolute Gasteiger partial charge is 0.497 e. The van der Waals surface area contributed by atoms with Gasteiger partial charge in [-0.15, -0.1) is 0 Å². The summed E-state index contributed by atoms with van der Waals surface area (Å²) in [6.07, 6.45) is 1.01. The second-order valence-corrected chi connectivity index (χ2v) is 4.93. The van der Waals surface area contributed by atoms with Crippen molar-refractivity contribution < 1.29 is 13.5 Å². The summed E-state index contributed by atoms with van der Waals surface area (Å²) < 4.78 is 32.0. The van der Waals surface area contributed by atoms with Crippen molar-refractivity contribution >= 4 is 11.6 Å². The Hall–Kier alpha value is -1.85. The molecular formula is C14H19F2N3O. The maximum atomic E-state index is 13.4. The van der Waals surface area contributed by atoms with E-state index in [9.17, 15) is 8.78 Å². The molecule has 0 amide bonds. The Morgan fingerprint density at radius 1 is 1.55 bits per heavy atom. The van der Waals surface area contributed by atoms with Gasteiger partial charge in [-0.05, 0) is 25.0 Å². The third-order valence-electron chi connectivity index (χ3n) is 3.48. The summed E-state index contributed by atoms with van der Waals surface area (Å²) in [5.41, 5.74) is 6.43. The van der Waals surface area contributed by atoms with E-state index in [0.717, 1.165) is 0 Å². The fourth-order valence-electron chi connectivity index (χ4n) is 2.32. The highest BCUT2D eigenvalue weighted by atomic mass is 19.3. The number of guanidine groups is 1. The van der Waals surface area contributed by atoms with Crippen LogP contribution in [0.1, 0.15) is 19.3 Å². The average Bonchev–Trinajstić information content (AvgIpc) is 2.75. The van der Waals surface area contributed by atoms with Gasteiger partial charge in [0, 0.05) is 24.1 Å². The van der Waals surface area contributed by atoms with Gasteiger partial charge in [-0.2, -0.15) is 0 Å². The van der Waals surface area contributed by atoms with Crippen molar-refractivity contribution in [2.24, 2.45) is 16.6 Å². The zero-order valence-electron chi connectivity index (χ0n) is 11.4. The normalized spacial score (nSPS) is 21.8. The van der Waals surface area contributed by atoms with Gasteiger partial charge in [-0.25, -0.2) is 8.78 Å². The molecule has 0 spiro atoms. The lowest BCUT2D eigenvalue weighted by molar-refractivity contribution is -0.0329. The van der Waals surface area contributed by atoms with Crippen LogP contribution in [0.5, 0.6) is 5.75 Å². The van der Waals surface area contributed by atoms with E-state index >= 15 is 0 Å². The molecule has 20 heavy (non-hydrogen) atoms. The highest BCUT2D eigenvalue weighted by Gasteiger charge is 2.43. The first-order valence-electron chi connectivity index (χ1n) is 6.60. The lowest BCUT2D eigenvalue weighted by Gasteiger charge is -2.17. The summed E-state index contributed by atoms with van der Waals surface area (Å²) in [5, 5.41) is 2.87. The molecule has 1 aromatic carbocycles. The number of hydrogen-bond acceptors (Lipinski definition) is 2. The number of halogens is 2. The van der Waals surface area contributed by atoms with Crippen molar-refractivity contribution in [2.45, 2.75) is 25.2 Å². The van der Waals surface area contributed by atoms with Gasteiger partial charge >= 0.3 is 0 Å². The van der Waals surface area contributed by atoms with Crippen molar-refractivity contribution in [2.75, 3.05) is 19.0 Å². The Balaban J connectivity index is 1.93. The molecule has 6 heteroatoms. The Morgan fingerprint density at radius 2 is 2.35 bits per heavy atom. The van der Waals surface area contributed by atoms with Gasteiger partial charge in [0.1, 0.15) is 5.75 Å². The van der Waals surface area contributed by atoms with Gasteiger partial charge in [-0.3, -0.25) is 4.99 Å². The molecule has 1 unspecified atom stereocenters. The van der Waals surface area contributed by atoms with Crippen molar-refractivity contribution in [3.8, 4) is 5.75 Å². The third kappa shape index (κ3) is 3.59. The molecule has 1 aromatic rings. The summed E-state index contributed by atoms with van der Waals surface area (Å²) in [7, 11) is 1.57. The van der Waals surface area contributed by atoms with Crippen molar-refractivity contribution in [3.63, 3.8) is 0 Å². The second kappa shape index (κ2) is 6.07. The Labute approximate surface area is 117 Å². The fraction of sp³-hybridized carbons (Fsp3) is 0.500. The maximum absolute atomic E-state index is 13.4. The van der Waals surface area contributed by atoms with Crippen LogP contribution in [0.25, 0.3) is 0 Å². The standard InChI is InChI=1S/C14H19F2N3O/c1-20-12-6-2-5-11(8-12)19-13(17)18-9-10-4-3-7-14(10,15)16/h2,5-6,8,10H,3-4,7,9H2,1H3,(H3,17,18,19). The molecule has 0 saturated heterocycles. The highest BCUT2D eigenvalue weighted by Crippen LogP contribution is 2.40. The van der Waals surface area contributed by atoms with Crippen LogP contribution in [0, 0.1) is 5.92 Å². The zero-order chi connectivity index (χ0) is 14.6. The van der Waals surface area contributed by atoms with Gasteiger partial charge in [0.2, 0.25) is 0 Å². The Morgan fingerprint density at radius 3 is 3.00 bits per heavy atom. The molecule has 2 rings (SSSR count). The summed E-state index contributed by atoms with van der Waals surface area (Å²) in [6, 6.07) is 7.17. The van der Waals surface area contributed by atoms with Crippen LogP contribution in [0.3, 0.4) is 0 Å². The zero-order valence-corrected chi connectivity index (χ0v) is 11.4. The monoisotopic (exact) mass is 283 g/mol. The lowest BCUT2D eigenvalue weighted by Crippen LogP contribution is -2.28. The van der Waals surface area contributed by atoms with Crippen molar-refractivity contribution in [1.82, 2.24) is 0 Å². The van der Waals surface area contributed by atoms with Crippen molar-refractivity contribution in [3.05, 3.63) is 24.3 Å². The van der Waals surface area contributed by atoms with Gasteiger partial charge in [0.05, 0.1) is 13.7 Å². The molecule has 1 atom stereocenters. The van der Waals surface area contributed by atoms with E-state index in [4.69, 9.17) is 10.5 Å². The molecule has 1 aliphatic carbocycles. The number of aliphatic imine (C=N–C) groups is 1. The van der Waals surface area contributed by atoms with Gasteiger partial charge in [0.25, 0.3) is 5.92 Å². The Kier molecular flexibility index (Phi) is 4.42. The predicted octanol–water partition coefficient (Wildman–Crippen LogP) is 2.86. The van der Waals surface area contributed by atoms with E-state index in [-0.39, 0.29) is 18.9 Å². The van der Waals surface area contributed by atoms with Crippen LogP contribution < -0.4 is 15.8 Å². The number of benzene rings is 1. The maximum Gasteiger partial charge on any atom is 0.252 e. The Bertz CT molecular complexity index is 491. The minimum Gasteiger partial charge on any atom is -0.497 e. The first kappa shape index (κ1) is 14.6. The van der Waals surface area contributed by atoms with E-state index in [2.05, 4.69) is 10.3 Å². The molecule has 3 N–H and O–H groups in total. The lowest BCUT2D eigenvalue weighted by atomic mass is 10.1. The van der Waals surface area contributed by atoms with E-state index in [1.54, 1.807) is 31.4 Å². The third-order valence-corrected chi connectivity index (χ3v) is 3.48. The van der Waals surface area contributed by atoms with E-state index in [1.807, 2.05) is 0 Å². The SMILES string of the molecule is COc1cccc(NC(N)=NCC2CCCC2(F)F)c1. The van der Waals surface area contributed by atoms with E-state index in [1.165, 1.54) is 0 Å². The number of nitrogens with zero attached hydrogens (tertiary/aromatic N) is 1. The molecule has 0 bridgehead atoms.